The molecule has 37 heavy (non-hydrogen) atoms. The van der Waals surface area contributed by atoms with Crippen molar-refractivity contribution in [3.05, 3.63) is 95.3 Å². The van der Waals surface area contributed by atoms with Gasteiger partial charge in [0.05, 0.1) is 5.56 Å². The molecule has 0 fully saturated rings. The number of carbonyl (C=O) groups excluding carboxylic acids is 1. The van der Waals surface area contributed by atoms with Crippen LogP contribution in [0.5, 0.6) is 5.75 Å². The summed E-state index contributed by atoms with van der Waals surface area (Å²) in [5, 5.41) is 3.84. The minimum Gasteiger partial charge on any atom is -0.411 e. The summed E-state index contributed by atoms with van der Waals surface area (Å²) in [5.74, 6) is 0.761. The van der Waals surface area contributed by atoms with Crippen LogP contribution >= 0.6 is 11.3 Å². The number of fused-ring (bicyclic) bond motifs is 1. The van der Waals surface area contributed by atoms with Gasteiger partial charge >= 0.3 is 12.3 Å². The molecule has 0 spiro atoms. The molecule has 3 aromatic carbocycles. The second-order valence-electron chi connectivity index (χ2n) is 7.96. The van der Waals surface area contributed by atoms with Gasteiger partial charge in [-0.3, -0.25) is 0 Å². The van der Waals surface area contributed by atoms with Crippen LogP contribution in [0.2, 0.25) is 0 Å². The number of amides is 1. The smallest absolute Gasteiger partial charge is 0.411 e. The molecule has 0 saturated heterocycles. The van der Waals surface area contributed by atoms with Crippen LogP contribution in [0, 0.1) is 0 Å². The van der Waals surface area contributed by atoms with Crippen molar-refractivity contribution >= 4 is 39.3 Å². The molecule has 0 radical (unpaired) electrons. The summed E-state index contributed by atoms with van der Waals surface area (Å²) in [6.07, 6.45) is -3.36. The highest BCUT2D eigenvalue weighted by Gasteiger charge is 2.30. The van der Waals surface area contributed by atoms with Gasteiger partial charge in [0.2, 0.25) is 0 Å². The predicted molar refractivity (Wildman–Crippen MR) is 135 cm³/mol. The van der Waals surface area contributed by atoms with Gasteiger partial charge in [0.25, 0.3) is 0 Å². The summed E-state index contributed by atoms with van der Waals surface area (Å²) in [4.78, 5) is 24.9. The van der Waals surface area contributed by atoms with Gasteiger partial charge in [-0.1, -0.05) is 47.7 Å². The third-order valence-electron chi connectivity index (χ3n) is 5.46. The van der Waals surface area contributed by atoms with Crippen LogP contribution in [-0.4, -0.2) is 21.0 Å². The van der Waals surface area contributed by atoms with Gasteiger partial charge in [-0.05, 0) is 53.1 Å². The molecule has 0 aliphatic carbocycles. The molecule has 0 saturated carbocycles. The molecular weight excluding hydrogens is 503 g/mol. The van der Waals surface area contributed by atoms with E-state index < -0.39 is 17.8 Å². The molecule has 2 heterocycles. The highest BCUT2D eigenvalue weighted by Crippen LogP contribution is 2.33. The molecule has 0 atom stereocenters. The third-order valence-corrected chi connectivity index (χ3v) is 6.42. The summed E-state index contributed by atoms with van der Waals surface area (Å²) in [6.45, 7) is 0. The van der Waals surface area contributed by atoms with E-state index >= 15 is 0 Å². The normalized spacial score (nSPS) is 11.4. The lowest BCUT2D eigenvalue weighted by Crippen LogP contribution is -2.16. The van der Waals surface area contributed by atoms with Crippen LogP contribution in [-0.2, 0) is 12.6 Å². The number of rotatable bonds is 6. The van der Waals surface area contributed by atoms with Crippen molar-refractivity contribution in [3.63, 3.8) is 0 Å². The number of carbonyl (C=O) groups is 1. The average molecular weight is 522 g/mol. The Morgan fingerprint density at radius 2 is 1.70 bits per heavy atom. The minimum atomic E-state index is -4.40. The van der Waals surface area contributed by atoms with Gasteiger partial charge in [-0.25, -0.2) is 19.7 Å². The maximum Gasteiger partial charge on any atom is 0.416 e. The number of anilines is 2. The van der Waals surface area contributed by atoms with Gasteiger partial charge in [0, 0.05) is 12.1 Å². The Bertz CT molecular complexity index is 1570. The van der Waals surface area contributed by atoms with E-state index in [2.05, 4.69) is 15.3 Å². The lowest BCUT2D eigenvalue weighted by atomic mass is 9.98. The Morgan fingerprint density at radius 3 is 2.41 bits per heavy atom. The molecule has 2 aromatic heterocycles. The molecule has 11 heteroatoms. The van der Waals surface area contributed by atoms with E-state index in [0.717, 1.165) is 33.8 Å². The number of halogens is 3. The SMILES string of the molecule is NC(=O)Oc1ccc(-c2ccccc2Cc2nc3c(Nc4ccc(C(F)(F)F)cc4)ncnc3s2)cc1. The topological polar surface area (TPSA) is 103 Å². The minimum absolute atomic E-state index is 0.353. The van der Waals surface area contributed by atoms with E-state index in [-0.39, 0.29) is 0 Å². The maximum absolute atomic E-state index is 12.9. The second kappa shape index (κ2) is 9.86. The summed E-state index contributed by atoms with van der Waals surface area (Å²) in [7, 11) is 0. The van der Waals surface area contributed by atoms with E-state index in [1.165, 1.54) is 29.8 Å². The predicted octanol–water partition coefficient (Wildman–Crippen LogP) is 6.56. The Hall–Kier alpha value is -4.51. The maximum atomic E-state index is 12.9. The molecule has 3 N–H and O–H groups in total. The third kappa shape index (κ3) is 5.51. The van der Waals surface area contributed by atoms with Crippen molar-refractivity contribution < 1.29 is 22.7 Å². The fourth-order valence-corrected chi connectivity index (χ4v) is 4.71. The Balaban J connectivity index is 1.40. The molecule has 5 rings (SSSR count). The number of nitrogens with one attached hydrogen (secondary N) is 1. The van der Waals surface area contributed by atoms with E-state index in [4.69, 9.17) is 15.5 Å². The molecular formula is C26H18F3N5O2S. The van der Waals surface area contributed by atoms with E-state index in [1.54, 1.807) is 12.1 Å². The molecule has 1 amide bonds. The summed E-state index contributed by atoms with van der Waals surface area (Å²) in [6, 6.07) is 19.6. The molecule has 0 aliphatic heterocycles. The number of aromatic nitrogens is 3. The number of thiazole rings is 1. The lowest BCUT2D eigenvalue weighted by molar-refractivity contribution is -0.137. The Morgan fingerprint density at radius 1 is 0.973 bits per heavy atom. The summed E-state index contributed by atoms with van der Waals surface area (Å²) in [5.41, 5.74) is 8.27. The number of benzene rings is 3. The number of alkyl halides is 3. The first-order valence-corrected chi connectivity index (χ1v) is 11.8. The van der Waals surface area contributed by atoms with Gasteiger partial charge in [0.15, 0.2) is 5.82 Å². The lowest BCUT2D eigenvalue weighted by Gasteiger charge is -2.09. The molecule has 186 valence electrons. The van der Waals surface area contributed by atoms with Crippen LogP contribution in [0.3, 0.4) is 0 Å². The van der Waals surface area contributed by atoms with Crippen molar-refractivity contribution in [2.75, 3.05) is 5.32 Å². The van der Waals surface area contributed by atoms with Crippen LogP contribution in [0.25, 0.3) is 21.5 Å². The first-order chi connectivity index (χ1) is 17.8. The largest absolute Gasteiger partial charge is 0.416 e. The van der Waals surface area contributed by atoms with Gasteiger partial charge in [-0.2, -0.15) is 13.2 Å². The molecule has 5 aromatic rings. The van der Waals surface area contributed by atoms with E-state index in [9.17, 15) is 18.0 Å². The van der Waals surface area contributed by atoms with Gasteiger partial charge < -0.3 is 15.8 Å². The standard InChI is InChI=1S/C26H18F3N5O2S/c27-26(28,29)17-7-9-18(10-8-17)33-23-22-24(32-14-31-23)37-21(34-22)13-16-3-1-2-4-20(16)15-5-11-19(12-6-15)36-25(30)35/h1-12,14H,13H2,(H2,30,35)(H,31,32,33). The number of nitrogens with two attached hydrogens (primary N) is 1. The molecule has 0 aliphatic rings. The number of hydrogen-bond acceptors (Lipinski definition) is 7. The summed E-state index contributed by atoms with van der Waals surface area (Å²) >= 11 is 1.41. The number of hydrogen-bond donors (Lipinski definition) is 2. The van der Waals surface area contributed by atoms with Crippen molar-refractivity contribution in [2.24, 2.45) is 5.73 Å². The van der Waals surface area contributed by atoms with Crippen molar-refractivity contribution in [2.45, 2.75) is 12.6 Å². The van der Waals surface area contributed by atoms with E-state index in [1.807, 2.05) is 36.4 Å². The van der Waals surface area contributed by atoms with Crippen LogP contribution in [0.4, 0.5) is 29.5 Å². The van der Waals surface area contributed by atoms with Crippen LogP contribution in [0.1, 0.15) is 16.1 Å². The first-order valence-electron chi connectivity index (χ1n) is 11.0. The van der Waals surface area contributed by atoms with Crippen molar-refractivity contribution in [1.82, 2.24) is 15.0 Å². The first kappa shape index (κ1) is 24.2. The zero-order valence-electron chi connectivity index (χ0n) is 19.0. The number of nitrogens with zero attached hydrogens (tertiary/aromatic N) is 3. The highest BCUT2D eigenvalue weighted by molar-refractivity contribution is 7.18. The number of primary amides is 1. The Labute approximate surface area is 212 Å². The highest BCUT2D eigenvalue weighted by atomic mass is 32.1. The molecule has 0 bridgehead atoms. The zero-order valence-corrected chi connectivity index (χ0v) is 19.8. The van der Waals surface area contributed by atoms with Crippen molar-refractivity contribution in [3.8, 4) is 16.9 Å². The van der Waals surface area contributed by atoms with Gasteiger partial charge in [-0.15, -0.1) is 0 Å². The zero-order chi connectivity index (χ0) is 26.0. The molecule has 0 unspecified atom stereocenters. The monoisotopic (exact) mass is 521 g/mol. The van der Waals surface area contributed by atoms with E-state index in [0.29, 0.717) is 34.0 Å². The Kier molecular flexibility index (Phi) is 6.45. The number of ether oxygens (including phenoxy) is 1. The quantitative estimate of drug-likeness (QED) is 0.262. The second-order valence-corrected chi connectivity index (χ2v) is 9.03. The fourth-order valence-electron chi connectivity index (χ4n) is 3.78. The van der Waals surface area contributed by atoms with Gasteiger partial charge in [0.1, 0.15) is 27.4 Å². The van der Waals surface area contributed by atoms with Crippen molar-refractivity contribution in [1.29, 1.82) is 0 Å². The average Bonchev–Trinajstić information content (AvgIpc) is 3.28. The molecule has 7 nitrogen and oxygen atoms in total. The van der Waals surface area contributed by atoms with Crippen LogP contribution < -0.4 is 15.8 Å². The fraction of sp³-hybridized carbons (Fsp3) is 0.0769. The summed E-state index contributed by atoms with van der Waals surface area (Å²) < 4.78 is 43.5. The van der Waals surface area contributed by atoms with Crippen LogP contribution in [0.15, 0.2) is 79.1 Å².